The molecule has 3 aliphatic heterocycles. The minimum Gasteiger partial charge on any atom is -0.450 e. The van der Waals surface area contributed by atoms with E-state index in [2.05, 4.69) is 14.7 Å². The zero-order valence-electron chi connectivity index (χ0n) is 20.1. The Hall–Kier alpha value is -2.13. The number of carbonyl (C=O) groups excluding carboxylic acids is 1. The smallest absolute Gasteiger partial charge is 0.409 e. The summed E-state index contributed by atoms with van der Waals surface area (Å²) in [6.45, 7) is 10.1. The van der Waals surface area contributed by atoms with Crippen molar-refractivity contribution in [2.75, 3.05) is 75.9 Å². The standard InChI is InChI=1S/C24H38N6O3/c1-3-33-23(31)30-17-24(18-30)7-4-19(16-24)27-12-14-29(15-13-27)22-21(25-8-9-26-22)28-10-5-20(32-2)6-11-28/h8-9,19-20H,3-7,10-18H2,1-2H3/t19-/m1/s1. The highest BCUT2D eigenvalue weighted by molar-refractivity contribution is 5.69. The molecule has 0 unspecified atom stereocenters. The Morgan fingerprint density at radius 1 is 1.00 bits per heavy atom. The van der Waals surface area contributed by atoms with E-state index in [-0.39, 0.29) is 6.09 Å². The Morgan fingerprint density at radius 2 is 1.64 bits per heavy atom. The molecule has 4 aliphatic rings. The van der Waals surface area contributed by atoms with Crippen LogP contribution in [0.5, 0.6) is 0 Å². The second-order valence-electron chi connectivity index (χ2n) is 10.1. The first kappa shape index (κ1) is 22.7. The molecule has 0 N–H and O–H groups in total. The summed E-state index contributed by atoms with van der Waals surface area (Å²) in [4.78, 5) is 30.8. The fourth-order valence-electron chi connectivity index (χ4n) is 6.25. The maximum atomic E-state index is 12.0. The molecule has 5 rings (SSSR count). The fourth-order valence-corrected chi connectivity index (χ4v) is 6.25. The van der Waals surface area contributed by atoms with Crippen LogP contribution in [0.1, 0.15) is 39.0 Å². The molecule has 9 heteroatoms. The van der Waals surface area contributed by atoms with Gasteiger partial charge >= 0.3 is 6.09 Å². The number of nitrogens with zero attached hydrogens (tertiary/aromatic N) is 6. The van der Waals surface area contributed by atoms with Gasteiger partial charge in [-0.25, -0.2) is 14.8 Å². The van der Waals surface area contributed by atoms with E-state index in [1.165, 1.54) is 19.3 Å². The molecule has 0 bridgehead atoms. The maximum absolute atomic E-state index is 12.0. The van der Waals surface area contributed by atoms with Gasteiger partial charge < -0.3 is 24.2 Å². The Labute approximate surface area is 197 Å². The van der Waals surface area contributed by atoms with E-state index >= 15 is 0 Å². The number of amides is 1. The third-order valence-electron chi connectivity index (χ3n) is 8.12. The van der Waals surface area contributed by atoms with Crippen LogP contribution in [-0.2, 0) is 9.47 Å². The van der Waals surface area contributed by atoms with Gasteiger partial charge in [0.15, 0.2) is 11.6 Å². The molecule has 9 nitrogen and oxygen atoms in total. The van der Waals surface area contributed by atoms with Crippen LogP contribution in [0.15, 0.2) is 12.4 Å². The second-order valence-corrected chi connectivity index (χ2v) is 10.1. The van der Waals surface area contributed by atoms with Crippen LogP contribution in [0.25, 0.3) is 0 Å². The van der Waals surface area contributed by atoms with Gasteiger partial charge in [-0.05, 0) is 39.0 Å². The van der Waals surface area contributed by atoms with Crippen LogP contribution < -0.4 is 9.80 Å². The normalized spacial score (nSPS) is 26.0. The number of piperidine rings is 1. The molecule has 4 fully saturated rings. The molecular weight excluding hydrogens is 420 g/mol. The number of aromatic nitrogens is 2. The summed E-state index contributed by atoms with van der Waals surface area (Å²) in [5.74, 6) is 2.05. The van der Waals surface area contributed by atoms with Crippen LogP contribution in [-0.4, -0.2) is 104 Å². The van der Waals surface area contributed by atoms with E-state index in [4.69, 9.17) is 19.4 Å². The Morgan fingerprint density at radius 3 is 2.24 bits per heavy atom. The highest BCUT2D eigenvalue weighted by atomic mass is 16.6. The monoisotopic (exact) mass is 458 g/mol. The molecule has 4 heterocycles. The number of ether oxygens (including phenoxy) is 2. The minimum absolute atomic E-state index is 0.147. The number of carbonyl (C=O) groups is 1. The van der Waals surface area contributed by atoms with Gasteiger partial charge in [-0.1, -0.05) is 0 Å². The summed E-state index contributed by atoms with van der Waals surface area (Å²) in [5, 5.41) is 0. The average Bonchev–Trinajstić information content (AvgIpc) is 3.30. The molecular formula is C24H38N6O3. The minimum atomic E-state index is -0.147. The second kappa shape index (κ2) is 9.62. The molecule has 33 heavy (non-hydrogen) atoms. The third-order valence-corrected chi connectivity index (χ3v) is 8.12. The van der Waals surface area contributed by atoms with E-state index in [9.17, 15) is 4.79 Å². The van der Waals surface area contributed by atoms with Crippen molar-refractivity contribution in [1.82, 2.24) is 19.8 Å². The van der Waals surface area contributed by atoms with Crippen LogP contribution in [0.4, 0.5) is 16.4 Å². The van der Waals surface area contributed by atoms with Crippen molar-refractivity contribution in [3.8, 4) is 0 Å². The van der Waals surface area contributed by atoms with E-state index in [1.807, 2.05) is 24.2 Å². The van der Waals surface area contributed by atoms with Gasteiger partial charge in [-0.15, -0.1) is 0 Å². The Bertz CT molecular complexity index is 816. The van der Waals surface area contributed by atoms with Crippen molar-refractivity contribution in [1.29, 1.82) is 0 Å². The summed E-state index contributed by atoms with van der Waals surface area (Å²) >= 11 is 0. The molecule has 1 amide bonds. The highest BCUT2D eigenvalue weighted by Crippen LogP contribution is 2.47. The SMILES string of the molecule is CCOC(=O)N1CC2(CC[C@@H](N3CCN(c4nccnc4N4CCC(OC)CC4)CC3)C2)C1. The number of rotatable bonds is 5. The predicted octanol–water partition coefficient (Wildman–Crippen LogP) is 2.22. The summed E-state index contributed by atoms with van der Waals surface area (Å²) < 4.78 is 10.7. The van der Waals surface area contributed by atoms with Crippen molar-refractivity contribution >= 4 is 17.7 Å². The lowest BCUT2D eigenvalue weighted by atomic mass is 9.78. The van der Waals surface area contributed by atoms with Gasteiger partial charge in [0, 0.05) is 83.3 Å². The summed E-state index contributed by atoms with van der Waals surface area (Å²) in [5.41, 5.74) is 0.320. The molecule has 182 valence electrons. The first-order chi connectivity index (χ1) is 16.1. The zero-order chi connectivity index (χ0) is 22.8. The first-order valence-corrected chi connectivity index (χ1v) is 12.6. The van der Waals surface area contributed by atoms with Crippen LogP contribution in [0.3, 0.4) is 0 Å². The predicted molar refractivity (Wildman–Crippen MR) is 127 cm³/mol. The van der Waals surface area contributed by atoms with Crippen molar-refractivity contribution < 1.29 is 14.3 Å². The number of likely N-dealkylation sites (tertiary alicyclic amines) is 1. The van der Waals surface area contributed by atoms with Gasteiger partial charge in [0.25, 0.3) is 0 Å². The fraction of sp³-hybridized carbons (Fsp3) is 0.792. The molecule has 1 aliphatic carbocycles. The molecule has 1 spiro atoms. The van der Waals surface area contributed by atoms with Gasteiger partial charge in [0.1, 0.15) is 0 Å². The maximum Gasteiger partial charge on any atom is 0.409 e. The van der Waals surface area contributed by atoms with Gasteiger partial charge in [-0.2, -0.15) is 0 Å². The summed E-state index contributed by atoms with van der Waals surface area (Å²) in [6.07, 6.45) is 9.59. The van der Waals surface area contributed by atoms with Gasteiger partial charge in [0.05, 0.1) is 12.7 Å². The van der Waals surface area contributed by atoms with E-state index in [0.29, 0.717) is 24.2 Å². The quantitative estimate of drug-likeness (QED) is 0.665. The molecule has 0 aromatic carbocycles. The van der Waals surface area contributed by atoms with Crippen LogP contribution in [0.2, 0.25) is 0 Å². The molecule has 3 saturated heterocycles. The van der Waals surface area contributed by atoms with Crippen molar-refractivity contribution in [3.05, 3.63) is 12.4 Å². The number of methoxy groups -OCH3 is 1. The largest absolute Gasteiger partial charge is 0.450 e. The van der Waals surface area contributed by atoms with Gasteiger partial charge in [-0.3, -0.25) is 4.90 Å². The lowest BCUT2D eigenvalue weighted by molar-refractivity contribution is -0.00294. The molecule has 0 radical (unpaired) electrons. The van der Waals surface area contributed by atoms with Crippen LogP contribution in [0, 0.1) is 5.41 Å². The molecule has 1 aromatic rings. The Kier molecular flexibility index (Phi) is 6.60. The number of anilines is 2. The van der Waals surface area contributed by atoms with Crippen molar-refractivity contribution in [2.45, 2.75) is 51.2 Å². The van der Waals surface area contributed by atoms with Crippen LogP contribution >= 0.6 is 0 Å². The zero-order valence-corrected chi connectivity index (χ0v) is 20.1. The average molecular weight is 459 g/mol. The molecule has 1 aromatic heterocycles. The first-order valence-electron chi connectivity index (χ1n) is 12.6. The van der Waals surface area contributed by atoms with Gasteiger partial charge in [0.2, 0.25) is 0 Å². The number of hydrogen-bond donors (Lipinski definition) is 0. The number of piperazine rings is 1. The third kappa shape index (κ3) is 4.62. The number of hydrogen-bond acceptors (Lipinski definition) is 8. The molecule has 1 atom stereocenters. The highest BCUT2D eigenvalue weighted by Gasteiger charge is 2.51. The van der Waals surface area contributed by atoms with E-state index in [0.717, 1.165) is 76.8 Å². The lowest BCUT2D eigenvalue weighted by Crippen LogP contribution is -2.58. The van der Waals surface area contributed by atoms with E-state index in [1.54, 1.807) is 7.11 Å². The van der Waals surface area contributed by atoms with E-state index < -0.39 is 0 Å². The topological polar surface area (TPSA) is 74.3 Å². The lowest BCUT2D eigenvalue weighted by Gasteiger charge is -2.48. The Balaban J connectivity index is 1.14. The molecule has 1 saturated carbocycles. The summed E-state index contributed by atoms with van der Waals surface area (Å²) in [7, 11) is 1.81. The van der Waals surface area contributed by atoms with Crippen molar-refractivity contribution in [2.24, 2.45) is 5.41 Å². The van der Waals surface area contributed by atoms with Crippen molar-refractivity contribution in [3.63, 3.8) is 0 Å². The summed E-state index contributed by atoms with van der Waals surface area (Å²) in [6, 6.07) is 0.630.